The van der Waals surface area contributed by atoms with E-state index >= 15 is 0 Å². The maximum Gasteiger partial charge on any atom is 0.237 e. The molecule has 0 saturated carbocycles. The maximum absolute atomic E-state index is 12.6. The number of amides is 1. The van der Waals surface area contributed by atoms with Gasteiger partial charge in [0.25, 0.3) is 0 Å². The third-order valence-corrected chi connectivity index (χ3v) is 5.95. The quantitative estimate of drug-likeness (QED) is 0.652. The molecule has 1 fully saturated rings. The van der Waals surface area contributed by atoms with Crippen LogP contribution in [0, 0.1) is 0 Å². The Bertz CT molecular complexity index is 928. The van der Waals surface area contributed by atoms with E-state index in [2.05, 4.69) is 68.6 Å². The molecule has 5 nitrogen and oxygen atoms in total. The van der Waals surface area contributed by atoms with E-state index in [0.717, 1.165) is 44.7 Å². The van der Waals surface area contributed by atoms with E-state index in [1.807, 2.05) is 19.2 Å². The molecule has 0 radical (unpaired) electrons. The van der Waals surface area contributed by atoms with Gasteiger partial charge in [0.05, 0.1) is 6.04 Å². The predicted octanol–water partition coefficient (Wildman–Crippen LogP) is 3.03. The Morgan fingerprint density at radius 3 is 2.55 bits per heavy atom. The fraction of sp³-hybridized carbons (Fsp3) is 0.375. The first kappa shape index (κ1) is 19.7. The molecule has 2 aromatic carbocycles. The van der Waals surface area contributed by atoms with Crippen molar-refractivity contribution < 1.29 is 4.79 Å². The number of piperazine rings is 1. The lowest BCUT2D eigenvalue weighted by molar-refractivity contribution is -0.126. The van der Waals surface area contributed by atoms with Crippen molar-refractivity contribution in [3.8, 4) is 0 Å². The van der Waals surface area contributed by atoms with Gasteiger partial charge < -0.3 is 10.3 Å². The third-order valence-electron chi connectivity index (χ3n) is 5.95. The molecule has 3 aromatic rings. The van der Waals surface area contributed by atoms with Crippen molar-refractivity contribution in [2.75, 3.05) is 32.7 Å². The second-order valence-electron chi connectivity index (χ2n) is 7.87. The topological polar surface area (TPSA) is 51.4 Å². The number of hydrogen-bond acceptors (Lipinski definition) is 3. The second kappa shape index (κ2) is 9.25. The summed E-state index contributed by atoms with van der Waals surface area (Å²) in [5.41, 5.74) is 3.75. The number of H-pyrrole nitrogens is 1. The number of benzene rings is 2. The predicted molar refractivity (Wildman–Crippen MR) is 118 cm³/mol. The Morgan fingerprint density at radius 2 is 1.76 bits per heavy atom. The molecule has 1 unspecified atom stereocenters. The third kappa shape index (κ3) is 4.86. The van der Waals surface area contributed by atoms with Gasteiger partial charge in [-0.1, -0.05) is 48.5 Å². The Hall–Kier alpha value is -2.63. The molecule has 0 spiro atoms. The van der Waals surface area contributed by atoms with Gasteiger partial charge in [-0.25, -0.2) is 0 Å². The van der Waals surface area contributed by atoms with Gasteiger partial charge >= 0.3 is 0 Å². The first-order valence-electron chi connectivity index (χ1n) is 10.5. The number of hydrogen-bond donors (Lipinski definition) is 2. The Labute approximate surface area is 172 Å². The normalized spacial score (nSPS) is 16.7. The van der Waals surface area contributed by atoms with Gasteiger partial charge in [0.1, 0.15) is 0 Å². The zero-order valence-corrected chi connectivity index (χ0v) is 17.1. The van der Waals surface area contributed by atoms with Crippen molar-refractivity contribution in [1.29, 1.82) is 0 Å². The molecular weight excluding hydrogens is 360 g/mol. The number of carbonyl (C=O) groups excluding carboxylic acids is 1. The summed E-state index contributed by atoms with van der Waals surface area (Å²) < 4.78 is 0. The van der Waals surface area contributed by atoms with Crippen LogP contribution in [0.5, 0.6) is 0 Å². The number of carbonyl (C=O) groups is 1. The lowest BCUT2D eigenvalue weighted by Gasteiger charge is -2.37. The maximum atomic E-state index is 12.6. The summed E-state index contributed by atoms with van der Waals surface area (Å²) >= 11 is 0. The van der Waals surface area contributed by atoms with E-state index < -0.39 is 0 Å². The van der Waals surface area contributed by atoms with Crippen LogP contribution in [0.25, 0.3) is 10.9 Å². The van der Waals surface area contributed by atoms with E-state index in [1.54, 1.807) is 0 Å². The van der Waals surface area contributed by atoms with Crippen molar-refractivity contribution in [3.63, 3.8) is 0 Å². The molecule has 1 aliphatic heterocycles. The molecule has 29 heavy (non-hydrogen) atoms. The van der Waals surface area contributed by atoms with Crippen LogP contribution >= 0.6 is 0 Å². The molecular formula is C24H30N4O. The highest BCUT2D eigenvalue weighted by molar-refractivity contribution is 5.83. The van der Waals surface area contributed by atoms with E-state index in [-0.39, 0.29) is 11.9 Å². The van der Waals surface area contributed by atoms with Crippen LogP contribution in [0.4, 0.5) is 0 Å². The lowest BCUT2D eigenvalue weighted by Crippen LogP contribution is -2.53. The van der Waals surface area contributed by atoms with E-state index in [0.29, 0.717) is 6.54 Å². The average molecular weight is 391 g/mol. The second-order valence-corrected chi connectivity index (χ2v) is 7.87. The molecule has 1 atom stereocenters. The van der Waals surface area contributed by atoms with Crippen molar-refractivity contribution >= 4 is 16.8 Å². The first-order chi connectivity index (χ1) is 14.2. The highest BCUT2D eigenvalue weighted by Gasteiger charge is 2.25. The van der Waals surface area contributed by atoms with Crippen molar-refractivity contribution in [2.24, 2.45) is 0 Å². The highest BCUT2D eigenvalue weighted by atomic mass is 16.2. The largest absolute Gasteiger partial charge is 0.361 e. The molecule has 5 heteroatoms. The average Bonchev–Trinajstić information content (AvgIpc) is 3.18. The number of aromatic amines is 1. The minimum absolute atomic E-state index is 0.0863. The molecule has 1 aliphatic rings. The van der Waals surface area contributed by atoms with Gasteiger partial charge in [-0.3, -0.25) is 14.6 Å². The standard InChI is InChI=1S/C24H30N4O/c1-19(28-15-13-27(14-16-28)18-20-7-3-2-4-8-20)24(29)25-12-11-21-17-26-23-10-6-5-9-22(21)23/h2-10,17,19,26H,11-16,18H2,1H3,(H,25,29). The summed E-state index contributed by atoms with van der Waals surface area (Å²) in [6, 6.07) is 18.8. The van der Waals surface area contributed by atoms with Crippen molar-refractivity contribution in [1.82, 2.24) is 20.1 Å². The summed E-state index contributed by atoms with van der Waals surface area (Å²) in [7, 11) is 0. The van der Waals surface area contributed by atoms with Crippen LogP contribution in [0.15, 0.2) is 60.8 Å². The molecule has 2 heterocycles. The van der Waals surface area contributed by atoms with Crippen LogP contribution < -0.4 is 5.32 Å². The number of nitrogens with zero attached hydrogens (tertiary/aromatic N) is 2. The fourth-order valence-electron chi connectivity index (χ4n) is 4.12. The summed E-state index contributed by atoms with van der Waals surface area (Å²) in [5, 5.41) is 4.37. The van der Waals surface area contributed by atoms with Crippen LogP contribution in [0.2, 0.25) is 0 Å². The molecule has 1 amide bonds. The fourth-order valence-corrected chi connectivity index (χ4v) is 4.12. The highest BCUT2D eigenvalue weighted by Crippen LogP contribution is 2.17. The lowest BCUT2D eigenvalue weighted by atomic mass is 10.1. The van der Waals surface area contributed by atoms with Crippen LogP contribution in [0.3, 0.4) is 0 Å². The van der Waals surface area contributed by atoms with E-state index in [4.69, 9.17) is 0 Å². The summed E-state index contributed by atoms with van der Waals surface area (Å²) in [6.07, 6.45) is 2.89. The molecule has 0 bridgehead atoms. The number of aromatic nitrogens is 1. The van der Waals surface area contributed by atoms with Gasteiger partial charge in [0.15, 0.2) is 0 Å². The van der Waals surface area contributed by atoms with E-state index in [9.17, 15) is 4.79 Å². The molecule has 1 aromatic heterocycles. The Morgan fingerprint density at radius 1 is 1.03 bits per heavy atom. The smallest absolute Gasteiger partial charge is 0.237 e. The van der Waals surface area contributed by atoms with Crippen molar-refractivity contribution in [2.45, 2.75) is 25.9 Å². The molecule has 1 saturated heterocycles. The monoisotopic (exact) mass is 390 g/mol. The van der Waals surface area contributed by atoms with E-state index in [1.165, 1.54) is 16.5 Å². The van der Waals surface area contributed by atoms with Crippen molar-refractivity contribution in [3.05, 3.63) is 71.9 Å². The molecule has 2 N–H and O–H groups in total. The number of rotatable bonds is 7. The SMILES string of the molecule is CC(C(=O)NCCc1c[nH]c2ccccc12)N1CCN(Cc2ccccc2)CC1. The van der Waals surface area contributed by atoms with Crippen LogP contribution in [-0.4, -0.2) is 59.5 Å². The van der Waals surface area contributed by atoms with Gasteiger partial charge in [0, 0.05) is 56.4 Å². The summed E-state index contributed by atoms with van der Waals surface area (Å²) in [5.74, 6) is 0.126. The zero-order valence-electron chi connectivity index (χ0n) is 17.1. The Kier molecular flexibility index (Phi) is 6.27. The number of fused-ring (bicyclic) bond motifs is 1. The summed E-state index contributed by atoms with van der Waals surface area (Å²) in [4.78, 5) is 20.7. The number of nitrogens with one attached hydrogen (secondary N) is 2. The summed E-state index contributed by atoms with van der Waals surface area (Å²) in [6.45, 7) is 7.55. The Balaban J connectivity index is 1.21. The van der Waals surface area contributed by atoms with Gasteiger partial charge in [-0.2, -0.15) is 0 Å². The van der Waals surface area contributed by atoms with Crippen LogP contribution in [-0.2, 0) is 17.8 Å². The van der Waals surface area contributed by atoms with Crippen LogP contribution in [0.1, 0.15) is 18.1 Å². The van der Waals surface area contributed by atoms with Gasteiger partial charge in [-0.15, -0.1) is 0 Å². The minimum Gasteiger partial charge on any atom is -0.361 e. The number of para-hydroxylation sites is 1. The molecule has 4 rings (SSSR count). The minimum atomic E-state index is -0.0863. The zero-order chi connectivity index (χ0) is 20.1. The first-order valence-corrected chi connectivity index (χ1v) is 10.5. The van der Waals surface area contributed by atoms with Gasteiger partial charge in [0.2, 0.25) is 5.91 Å². The molecule has 152 valence electrons. The van der Waals surface area contributed by atoms with Gasteiger partial charge in [-0.05, 0) is 30.5 Å². The molecule has 0 aliphatic carbocycles.